The first kappa shape index (κ1) is 16.7. The summed E-state index contributed by atoms with van der Waals surface area (Å²) in [6.07, 6.45) is -0.769. The van der Waals surface area contributed by atoms with Crippen molar-refractivity contribution in [3.63, 3.8) is 0 Å². The van der Waals surface area contributed by atoms with Crippen LogP contribution < -0.4 is 10.6 Å². The normalized spacial score (nSPS) is 11.8. The molecule has 0 aromatic heterocycles. The van der Waals surface area contributed by atoms with Gasteiger partial charge in [-0.15, -0.1) is 0 Å². The molecule has 0 aliphatic rings. The summed E-state index contributed by atoms with van der Waals surface area (Å²) in [5, 5.41) is 14.1. The van der Waals surface area contributed by atoms with Gasteiger partial charge in [0.2, 0.25) is 0 Å². The van der Waals surface area contributed by atoms with Crippen LogP contribution >= 0.6 is 27.5 Å². The van der Waals surface area contributed by atoms with Crippen molar-refractivity contribution in [3.8, 4) is 0 Å². The summed E-state index contributed by atoms with van der Waals surface area (Å²) < 4.78 is 5.75. The Kier molecular flexibility index (Phi) is 6.77. The lowest BCUT2D eigenvalue weighted by Crippen LogP contribution is -2.37. The number of amides is 2. The van der Waals surface area contributed by atoms with Gasteiger partial charge in [0, 0.05) is 18.1 Å². The number of carboxylic acid groups (broad SMARTS) is 1. The third kappa shape index (κ3) is 5.77. The molecule has 1 unspecified atom stereocenters. The number of carbonyl (C=O) groups is 2. The molecule has 1 rings (SSSR count). The smallest absolute Gasteiger partial charge is 0.319 e. The molecule has 0 saturated heterocycles. The second-order valence-corrected chi connectivity index (χ2v) is 5.24. The molecule has 20 heavy (non-hydrogen) atoms. The molecule has 0 heterocycles. The van der Waals surface area contributed by atoms with Crippen LogP contribution in [-0.4, -0.2) is 36.9 Å². The van der Waals surface area contributed by atoms with E-state index in [4.69, 9.17) is 21.4 Å². The zero-order valence-electron chi connectivity index (χ0n) is 10.7. The van der Waals surface area contributed by atoms with Gasteiger partial charge in [0.1, 0.15) is 0 Å². The zero-order chi connectivity index (χ0) is 15.1. The van der Waals surface area contributed by atoms with E-state index in [0.717, 1.165) is 4.47 Å². The minimum absolute atomic E-state index is 0.0861. The molecule has 0 fully saturated rings. The maximum absolute atomic E-state index is 11.7. The number of nitrogens with one attached hydrogen (secondary N) is 2. The maximum Gasteiger partial charge on any atom is 0.319 e. The number of carboxylic acids is 1. The summed E-state index contributed by atoms with van der Waals surface area (Å²) in [6, 6.07) is 4.56. The number of aliphatic carboxylic acids is 1. The van der Waals surface area contributed by atoms with Crippen LogP contribution in [0.3, 0.4) is 0 Å². The van der Waals surface area contributed by atoms with E-state index in [2.05, 4.69) is 26.6 Å². The molecule has 2 amide bonds. The molecule has 1 aromatic carbocycles. The van der Waals surface area contributed by atoms with Crippen molar-refractivity contribution in [2.75, 3.05) is 19.0 Å². The van der Waals surface area contributed by atoms with Crippen molar-refractivity contribution < 1.29 is 19.4 Å². The first-order chi connectivity index (χ1) is 9.42. The lowest BCUT2D eigenvalue weighted by molar-refractivity contribution is -0.139. The van der Waals surface area contributed by atoms with E-state index in [1.54, 1.807) is 18.2 Å². The first-order valence-electron chi connectivity index (χ1n) is 5.67. The number of ether oxygens (including phenoxy) is 1. The second-order valence-electron chi connectivity index (χ2n) is 3.91. The minimum Gasteiger partial charge on any atom is -0.481 e. The van der Waals surface area contributed by atoms with E-state index in [1.807, 2.05) is 0 Å². The van der Waals surface area contributed by atoms with Crippen LogP contribution in [0.1, 0.15) is 6.42 Å². The lowest BCUT2D eigenvalue weighted by atomic mass is 10.2. The highest BCUT2D eigenvalue weighted by molar-refractivity contribution is 9.10. The molecular weight excluding hydrogens is 351 g/mol. The summed E-state index contributed by atoms with van der Waals surface area (Å²) in [5.41, 5.74) is 0.458. The molecule has 8 heteroatoms. The van der Waals surface area contributed by atoms with Crippen molar-refractivity contribution in [2.24, 2.45) is 0 Å². The predicted octanol–water partition coefficient (Wildman–Crippen LogP) is 2.71. The highest BCUT2D eigenvalue weighted by Crippen LogP contribution is 2.25. The van der Waals surface area contributed by atoms with Crippen molar-refractivity contribution in [1.82, 2.24) is 5.32 Å². The average molecular weight is 366 g/mol. The van der Waals surface area contributed by atoms with Crippen molar-refractivity contribution in [3.05, 3.63) is 27.7 Å². The number of methoxy groups -OCH3 is 1. The van der Waals surface area contributed by atoms with E-state index in [0.29, 0.717) is 10.7 Å². The Labute approximate surface area is 129 Å². The monoisotopic (exact) mass is 364 g/mol. The van der Waals surface area contributed by atoms with Crippen LogP contribution in [0.15, 0.2) is 22.7 Å². The quantitative estimate of drug-likeness (QED) is 0.723. The molecule has 1 aromatic rings. The highest BCUT2D eigenvalue weighted by atomic mass is 79.9. The molecule has 1 atom stereocenters. The number of urea groups is 1. The van der Waals surface area contributed by atoms with Gasteiger partial charge >= 0.3 is 12.0 Å². The van der Waals surface area contributed by atoms with Crippen molar-refractivity contribution >= 4 is 45.2 Å². The Morgan fingerprint density at radius 3 is 2.75 bits per heavy atom. The summed E-state index contributed by atoms with van der Waals surface area (Å²) in [5.74, 6) is -0.991. The number of carbonyl (C=O) groups excluding carboxylic acids is 1. The molecule has 0 aliphatic carbocycles. The third-order valence-corrected chi connectivity index (χ3v) is 3.21. The average Bonchev–Trinajstić information content (AvgIpc) is 2.37. The van der Waals surface area contributed by atoms with Gasteiger partial charge in [-0.3, -0.25) is 4.79 Å². The largest absolute Gasteiger partial charge is 0.481 e. The second kappa shape index (κ2) is 8.08. The number of hydrogen-bond donors (Lipinski definition) is 3. The molecule has 0 radical (unpaired) electrons. The van der Waals surface area contributed by atoms with E-state index < -0.39 is 18.1 Å². The Balaban J connectivity index is 2.49. The summed E-state index contributed by atoms with van der Waals surface area (Å²) >= 11 is 9.22. The van der Waals surface area contributed by atoms with Gasteiger partial charge < -0.3 is 20.5 Å². The van der Waals surface area contributed by atoms with Crippen LogP contribution in [-0.2, 0) is 9.53 Å². The number of rotatable bonds is 6. The number of hydrogen-bond acceptors (Lipinski definition) is 3. The predicted molar refractivity (Wildman–Crippen MR) is 79.2 cm³/mol. The lowest BCUT2D eigenvalue weighted by Gasteiger charge is -2.14. The van der Waals surface area contributed by atoms with Gasteiger partial charge in [0.05, 0.1) is 23.2 Å². The van der Waals surface area contributed by atoms with Gasteiger partial charge in [-0.2, -0.15) is 0 Å². The zero-order valence-corrected chi connectivity index (χ0v) is 13.0. The van der Waals surface area contributed by atoms with E-state index >= 15 is 0 Å². The molecule has 110 valence electrons. The summed E-state index contributed by atoms with van der Waals surface area (Å²) in [4.78, 5) is 22.2. The van der Waals surface area contributed by atoms with Gasteiger partial charge in [0.15, 0.2) is 0 Å². The summed E-state index contributed by atoms with van der Waals surface area (Å²) in [7, 11) is 1.39. The Bertz CT molecular complexity index is 498. The standard InChI is InChI=1S/C12H14BrClN2O4/c1-20-8(5-11(17)18)6-15-12(19)16-10-3-2-7(13)4-9(10)14/h2-4,8H,5-6H2,1H3,(H,17,18)(H2,15,16,19). The van der Waals surface area contributed by atoms with Gasteiger partial charge in [-0.05, 0) is 18.2 Å². The van der Waals surface area contributed by atoms with Crippen LogP contribution in [0, 0.1) is 0 Å². The molecule has 0 saturated carbocycles. The molecule has 0 spiro atoms. The fourth-order valence-electron chi connectivity index (χ4n) is 1.40. The Morgan fingerprint density at radius 1 is 1.50 bits per heavy atom. The van der Waals surface area contributed by atoms with Gasteiger partial charge in [-0.1, -0.05) is 27.5 Å². The summed E-state index contributed by atoms with van der Waals surface area (Å²) in [6.45, 7) is 0.0861. The van der Waals surface area contributed by atoms with Gasteiger partial charge in [0.25, 0.3) is 0 Å². The first-order valence-corrected chi connectivity index (χ1v) is 6.84. The molecule has 3 N–H and O–H groups in total. The van der Waals surface area contributed by atoms with Crippen molar-refractivity contribution in [2.45, 2.75) is 12.5 Å². The maximum atomic E-state index is 11.7. The van der Waals surface area contributed by atoms with E-state index in [1.165, 1.54) is 7.11 Å². The van der Waals surface area contributed by atoms with E-state index in [9.17, 15) is 9.59 Å². The topological polar surface area (TPSA) is 87.7 Å². The minimum atomic E-state index is -0.991. The molecule has 0 bridgehead atoms. The number of benzene rings is 1. The SMILES string of the molecule is COC(CNC(=O)Nc1ccc(Br)cc1Cl)CC(=O)O. The fraction of sp³-hybridized carbons (Fsp3) is 0.333. The number of anilines is 1. The van der Waals surface area contributed by atoms with Crippen LogP contribution in [0.4, 0.5) is 10.5 Å². The van der Waals surface area contributed by atoms with Crippen LogP contribution in [0.5, 0.6) is 0 Å². The molecule has 6 nitrogen and oxygen atoms in total. The fourth-order valence-corrected chi connectivity index (χ4v) is 2.12. The van der Waals surface area contributed by atoms with Crippen LogP contribution in [0.2, 0.25) is 5.02 Å². The van der Waals surface area contributed by atoms with Gasteiger partial charge in [-0.25, -0.2) is 4.79 Å². The Morgan fingerprint density at radius 2 is 2.20 bits per heavy atom. The molecular formula is C12H14BrClN2O4. The number of halogens is 2. The molecule has 0 aliphatic heterocycles. The highest BCUT2D eigenvalue weighted by Gasteiger charge is 2.14. The Hall–Kier alpha value is -1.31. The third-order valence-electron chi connectivity index (χ3n) is 2.41. The van der Waals surface area contributed by atoms with Crippen LogP contribution in [0.25, 0.3) is 0 Å². The van der Waals surface area contributed by atoms with Crippen molar-refractivity contribution in [1.29, 1.82) is 0 Å². The van der Waals surface area contributed by atoms with E-state index in [-0.39, 0.29) is 13.0 Å².